The van der Waals surface area contributed by atoms with Gasteiger partial charge < -0.3 is 15.5 Å². The molecule has 1 saturated carbocycles. The molecular formula is C19H31Cl2N3O. The molecule has 1 aromatic carbocycles. The Morgan fingerprint density at radius 3 is 2.48 bits per heavy atom. The van der Waals surface area contributed by atoms with E-state index in [-0.39, 0.29) is 42.7 Å². The van der Waals surface area contributed by atoms with Crippen LogP contribution in [0.4, 0.5) is 0 Å². The highest BCUT2D eigenvalue weighted by molar-refractivity contribution is 5.85. The maximum atomic E-state index is 12.7. The average Bonchev–Trinajstić information content (AvgIpc) is 3.21. The molecule has 1 amide bonds. The lowest BCUT2D eigenvalue weighted by molar-refractivity contribution is -0.124. The second-order valence-corrected chi connectivity index (χ2v) is 7.53. The Labute approximate surface area is 163 Å². The summed E-state index contributed by atoms with van der Waals surface area (Å²) >= 11 is 0. The zero-order chi connectivity index (χ0) is 16.3. The number of hydrogen-bond donors (Lipinski definition) is 2. The second-order valence-electron chi connectivity index (χ2n) is 7.53. The van der Waals surface area contributed by atoms with Crippen LogP contribution in [-0.2, 0) is 11.2 Å². The van der Waals surface area contributed by atoms with Crippen LogP contribution in [-0.4, -0.2) is 50.6 Å². The molecule has 2 unspecified atom stereocenters. The fourth-order valence-electron chi connectivity index (χ4n) is 4.00. The number of carbonyl (C=O) groups excluding carboxylic acids is 1. The summed E-state index contributed by atoms with van der Waals surface area (Å²) in [7, 11) is 4.13. The molecule has 2 N–H and O–H groups in total. The smallest absolute Gasteiger partial charge is 0.223 e. The summed E-state index contributed by atoms with van der Waals surface area (Å²) in [5, 5.41) is 6.73. The number of halogens is 2. The number of carbonyl (C=O) groups is 1. The van der Waals surface area contributed by atoms with Gasteiger partial charge in [-0.15, -0.1) is 24.8 Å². The minimum Gasteiger partial charge on any atom is -0.351 e. The molecule has 6 heteroatoms. The lowest BCUT2D eigenvalue weighted by Crippen LogP contribution is -2.44. The SMILES string of the molecule is CN(C)CC(Cc1ccccc1)NC(=O)C1CC12CCNCC2.Cl.Cl. The summed E-state index contributed by atoms with van der Waals surface area (Å²) in [6, 6.07) is 10.6. The number of hydrogen-bond acceptors (Lipinski definition) is 3. The molecule has 4 nitrogen and oxygen atoms in total. The Morgan fingerprint density at radius 1 is 1.24 bits per heavy atom. The number of benzene rings is 1. The third-order valence-corrected chi connectivity index (χ3v) is 5.36. The molecule has 0 bridgehead atoms. The van der Waals surface area contributed by atoms with Crippen LogP contribution >= 0.6 is 24.8 Å². The monoisotopic (exact) mass is 387 g/mol. The van der Waals surface area contributed by atoms with Gasteiger partial charge >= 0.3 is 0 Å². The molecule has 2 fully saturated rings. The normalized spacial score (nSPS) is 21.8. The zero-order valence-corrected chi connectivity index (χ0v) is 16.8. The van der Waals surface area contributed by atoms with E-state index in [4.69, 9.17) is 0 Å². The first-order chi connectivity index (χ1) is 11.1. The Balaban J connectivity index is 0.00000156. The molecule has 2 atom stereocenters. The first-order valence-electron chi connectivity index (χ1n) is 8.79. The van der Waals surface area contributed by atoms with Crippen molar-refractivity contribution in [3.63, 3.8) is 0 Å². The molecule has 1 aliphatic heterocycles. The molecule has 1 aliphatic carbocycles. The Bertz CT molecular complexity index is 533. The van der Waals surface area contributed by atoms with Gasteiger partial charge in [0.15, 0.2) is 0 Å². The van der Waals surface area contributed by atoms with Gasteiger partial charge in [0, 0.05) is 18.5 Å². The van der Waals surface area contributed by atoms with Crippen LogP contribution in [0.1, 0.15) is 24.8 Å². The molecule has 1 heterocycles. The molecule has 25 heavy (non-hydrogen) atoms. The van der Waals surface area contributed by atoms with Crippen LogP contribution in [0.25, 0.3) is 0 Å². The van der Waals surface area contributed by atoms with Crippen molar-refractivity contribution in [2.24, 2.45) is 11.3 Å². The topological polar surface area (TPSA) is 44.4 Å². The quantitative estimate of drug-likeness (QED) is 0.787. The standard InChI is InChI=1S/C19H29N3O.2ClH/c1-22(2)14-16(12-15-6-4-3-5-7-15)21-18(23)17-13-19(17)8-10-20-11-9-19;;/h3-7,16-17,20H,8-14H2,1-2H3,(H,21,23);2*1H. The average molecular weight is 388 g/mol. The fraction of sp³-hybridized carbons (Fsp3) is 0.632. The molecule has 1 saturated heterocycles. The van der Waals surface area contributed by atoms with Crippen LogP contribution in [0.3, 0.4) is 0 Å². The van der Waals surface area contributed by atoms with Gasteiger partial charge in [-0.2, -0.15) is 0 Å². The second kappa shape index (κ2) is 9.77. The van der Waals surface area contributed by atoms with Crippen molar-refractivity contribution < 1.29 is 4.79 Å². The number of rotatable bonds is 6. The van der Waals surface area contributed by atoms with Crippen LogP contribution in [0.15, 0.2) is 30.3 Å². The summed E-state index contributed by atoms with van der Waals surface area (Å²) in [6.45, 7) is 3.01. The van der Waals surface area contributed by atoms with Gasteiger partial charge in [-0.3, -0.25) is 4.79 Å². The van der Waals surface area contributed by atoms with Crippen molar-refractivity contribution in [1.82, 2.24) is 15.5 Å². The first kappa shape index (κ1) is 22.2. The van der Waals surface area contributed by atoms with Crippen LogP contribution in [0, 0.1) is 11.3 Å². The van der Waals surface area contributed by atoms with Gasteiger partial charge in [0.1, 0.15) is 0 Å². The minimum absolute atomic E-state index is 0. The van der Waals surface area contributed by atoms with E-state index in [1.807, 2.05) is 6.07 Å². The van der Waals surface area contributed by atoms with E-state index < -0.39 is 0 Å². The lowest BCUT2D eigenvalue weighted by Gasteiger charge is -2.25. The van der Waals surface area contributed by atoms with E-state index in [1.165, 1.54) is 5.56 Å². The van der Waals surface area contributed by atoms with Gasteiger partial charge in [0.25, 0.3) is 0 Å². The van der Waals surface area contributed by atoms with E-state index in [9.17, 15) is 4.79 Å². The van der Waals surface area contributed by atoms with E-state index in [0.717, 1.165) is 45.3 Å². The van der Waals surface area contributed by atoms with E-state index in [1.54, 1.807) is 0 Å². The molecule has 2 aliphatic rings. The Morgan fingerprint density at radius 2 is 1.88 bits per heavy atom. The van der Waals surface area contributed by atoms with Gasteiger partial charge in [0.2, 0.25) is 5.91 Å². The molecule has 1 aromatic rings. The maximum Gasteiger partial charge on any atom is 0.223 e. The van der Waals surface area contributed by atoms with Gasteiger partial charge in [0.05, 0.1) is 0 Å². The highest BCUT2D eigenvalue weighted by Gasteiger charge is 2.57. The molecule has 0 aromatic heterocycles. The zero-order valence-electron chi connectivity index (χ0n) is 15.2. The number of piperidine rings is 1. The van der Waals surface area contributed by atoms with Crippen molar-refractivity contribution in [2.45, 2.75) is 31.7 Å². The van der Waals surface area contributed by atoms with Gasteiger partial charge in [-0.1, -0.05) is 30.3 Å². The highest BCUT2D eigenvalue weighted by atomic mass is 35.5. The number of likely N-dealkylation sites (N-methyl/N-ethyl adjacent to an activating group) is 1. The summed E-state index contributed by atoms with van der Waals surface area (Å²) in [5.74, 6) is 0.514. The van der Waals surface area contributed by atoms with Crippen molar-refractivity contribution in [1.29, 1.82) is 0 Å². The van der Waals surface area contributed by atoms with Crippen LogP contribution < -0.4 is 10.6 Å². The lowest BCUT2D eigenvalue weighted by atomic mass is 9.91. The molecule has 1 spiro atoms. The molecule has 0 radical (unpaired) electrons. The van der Waals surface area contributed by atoms with Crippen molar-refractivity contribution in [3.05, 3.63) is 35.9 Å². The molecule has 3 rings (SSSR count). The molecule has 142 valence electrons. The summed E-state index contributed by atoms with van der Waals surface area (Å²) in [5.41, 5.74) is 1.59. The summed E-state index contributed by atoms with van der Waals surface area (Å²) < 4.78 is 0. The minimum atomic E-state index is 0. The van der Waals surface area contributed by atoms with E-state index in [2.05, 4.69) is 53.9 Å². The van der Waals surface area contributed by atoms with E-state index in [0.29, 0.717) is 5.41 Å². The highest BCUT2D eigenvalue weighted by Crippen LogP contribution is 2.58. The fourth-order valence-corrected chi connectivity index (χ4v) is 4.00. The maximum absolute atomic E-state index is 12.7. The Hall–Kier alpha value is -0.810. The number of amides is 1. The Kier molecular flexibility index (Phi) is 8.69. The third kappa shape index (κ3) is 5.85. The van der Waals surface area contributed by atoms with Crippen molar-refractivity contribution in [2.75, 3.05) is 33.7 Å². The summed E-state index contributed by atoms with van der Waals surface area (Å²) in [6.07, 6.45) is 4.29. The molecular weight excluding hydrogens is 357 g/mol. The van der Waals surface area contributed by atoms with Gasteiger partial charge in [-0.25, -0.2) is 0 Å². The number of nitrogens with one attached hydrogen (secondary N) is 2. The van der Waals surface area contributed by atoms with Crippen LogP contribution in [0.2, 0.25) is 0 Å². The first-order valence-corrected chi connectivity index (χ1v) is 8.79. The largest absolute Gasteiger partial charge is 0.351 e. The van der Waals surface area contributed by atoms with Gasteiger partial charge in [-0.05, 0) is 63.8 Å². The summed E-state index contributed by atoms with van der Waals surface area (Å²) in [4.78, 5) is 14.9. The predicted molar refractivity (Wildman–Crippen MR) is 108 cm³/mol. The number of nitrogens with zero attached hydrogens (tertiary/aromatic N) is 1. The van der Waals surface area contributed by atoms with Crippen molar-refractivity contribution >= 4 is 30.7 Å². The predicted octanol–water partition coefficient (Wildman–Crippen LogP) is 2.51. The third-order valence-electron chi connectivity index (χ3n) is 5.36. The van der Waals surface area contributed by atoms with E-state index >= 15 is 0 Å². The van der Waals surface area contributed by atoms with Crippen molar-refractivity contribution in [3.8, 4) is 0 Å². The van der Waals surface area contributed by atoms with Crippen LogP contribution in [0.5, 0.6) is 0 Å².